The van der Waals surface area contributed by atoms with Crippen LogP contribution < -0.4 is 11.5 Å². The number of nitrogens with zero attached hydrogens (tertiary/aromatic N) is 1. The zero-order chi connectivity index (χ0) is 14.1. The molecule has 0 aliphatic rings. The number of carbonyl (C=O) groups is 2. The third-order valence-electron chi connectivity index (χ3n) is 2.79. The van der Waals surface area contributed by atoms with Gasteiger partial charge in [-0.05, 0) is 18.5 Å². The molecule has 0 spiro atoms. The Kier molecular flexibility index (Phi) is 6.60. The molecule has 0 heterocycles. The van der Waals surface area contributed by atoms with Crippen LogP contribution in [0.2, 0.25) is 0 Å². The second-order valence-corrected chi connectivity index (χ2v) is 4.41. The van der Waals surface area contributed by atoms with E-state index in [0.717, 1.165) is 5.56 Å². The molecule has 0 aromatic heterocycles. The number of carbonyl (C=O) groups excluding carboxylic acids is 2. The fourth-order valence-corrected chi connectivity index (χ4v) is 1.75. The fraction of sp³-hybridized carbons (Fsp3) is 0.429. The number of primary amides is 1. The SMILES string of the molecule is NCCCC(=O)N(CCC(N)=O)Cc1ccccc1. The highest BCUT2D eigenvalue weighted by Gasteiger charge is 2.14. The molecule has 0 saturated heterocycles. The molecule has 1 aromatic rings. The average Bonchev–Trinajstić information content (AvgIpc) is 2.41. The van der Waals surface area contributed by atoms with E-state index in [9.17, 15) is 9.59 Å². The smallest absolute Gasteiger partial charge is 0.222 e. The molecule has 5 nitrogen and oxygen atoms in total. The third kappa shape index (κ3) is 6.01. The first kappa shape index (κ1) is 15.2. The lowest BCUT2D eigenvalue weighted by Crippen LogP contribution is -2.33. The minimum absolute atomic E-state index is 0.00977. The van der Waals surface area contributed by atoms with Crippen molar-refractivity contribution in [3.8, 4) is 0 Å². The molecule has 104 valence electrons. The molecule has 0 aliphatic carbocycles. The third-order valence-corrected chi connectivity index (χ3v) is 2.79. The van der Waals surface area contributed by atoms with Crippen molar-refractivity contribution >= 4 is 11.8 Å². The van der Waals surface area contributed by atoms with Crippen LogP contribution in [0.3, 0.4) is 0 Å². The number of rotatable bonds is 8. The lowest BCUT2D eigenvalue weighted by Gasteiger charge is -2.22. The van der Waals surface area contributed by atoms with E-state index in [1.54, 1.807) is 4.90 Å². The summed E-state index contributed by atoms with van der Waals surface area (Å²) in [7, 11) is 0. The van der Waals surface area contributed by atoms with E-state index in [-0.39, 0.29) is 12.3 Å². The van der Waals surface area contributed by atoms with Crippen molar-refractivity contribution in [1.82, 2.24) is 4.90 Å². The Morgan fingerprint density at radius 1 is 1.11 bits per heavy atom. The first-order valence-corrected chi connectivity index (χ1v) is 6.43. The normalized spacial score (nSPS) is 10.2. The summed E-state index contributed by atoms with van der Waals surface area (Å²) in [6.07, 6.45) is 1.24. The van der Waals surface area contributed by atoms with Gasteiger partial charge in [-0.15, -0.1) is 0 Å². The summed E-state index contributed by atoms with van der Waals surface area (Å²) in [5, 5.41) is 0. The summed E-state index contributed by atoms with van der Waals surface area (Å²) in [6, 6.07) is 9.67. The standard InChI is InChI=1S/C14H21N3O2/c15-9-4-7-14(19)17(10-8-13(16)18)11-12-5-2-1-3-6-12/h1-3,5-6H,4,7-11,15H2,(H2,16,18). The Hall–Kier alpha value is -1.88. The Morgan fingerprint density at radius 3 is 2.37 bits per heavy atom. The quantitative estimate of drug-likeness (QED) is 0.721. The van der Waals surface area contributed by atoms with E-state index in [2.05, 4.69) is 0 Å². The number of hydrogen-bond donors (Lipinski definition) is 2. The molecule has 0 saturated carbocycles. The van der Waals surface area contributed by atoms with Gasteiger partial charge >= 0.3 is 0 Å². The second kappa shape index (κ2) is 8.26. The molecule has 0 atom stereocenters. The molecule has 2 amide bonds. The van der Waals surface area contributed by atoms with Gasteiger partial charge in [-0.2, -0.15) is 0 Å². The lowest BCUT2D eigenvalue weighted by atomic mass is 10.2. The molecule has 0 radical (unpaired) electrons. The molecule has 0 fully saturated rings. The predicted molar refractivity (Wildman–Crippen MR) is 74.0 cm³/mol. The Bertz CT molecular complexity index is 406. The fourth-order valence-electron chi connectivity index (χ4n) is 1.75. The van der Waals surface area contributed by atoms with Gasteiger partial charge in [0.25, 0.3) is 0 Å². The van der Waals surface area contributed by atoms with E-state index in [1.807, 2.05) is 30.3 Å². The molecule has 5 heteroatoms. The maximum atomic E-state index is 12.0. The highest BCUT2D eigenvalue weighted by Crippen LogP contribution is 2.07. The molecule has 19 heavy (non-hydrogen) atoms. The maximum absolute atomic E-state index is 12.0. The molecular formula is C14H21N3O2. The van der Waals surface area contributed by atoms with Gasteiger partial charge in [-0.1, -0.05) is 30.3 Å². The Morgan fingerprint density at radius 2 is 1.79 bits per heavy atom. The summed E-state index contributed by atoms with van der Waals surface area (Å²) in [5.74, 6) is -0.389. The van der Waals surface area contributed by atoms with Crippen LogP contribution >= 0.6 is 0 Å². The summed E-state index contributed by atoms with van der Waals surface area (Å²) >= 11 is 0. The predicted octanol–water partition coefficient (Wildman–Crippen LogP) is 0.630. The average molecular weight is 263 g/mol. The summed E-state index contributed by atoms with van der Waals surface area (Å²) in [5.41, 5.74) is 11.6. The van der Waals surface area contributed by atoms with Crippen LogP contribution in [-0.2, 0) is 16.1 Å². The highest BCUT2D eigenvalue weighted by molar-refractivity contribution is 5.78. The first-order valence-electron chi connectivity index (χ1n) is 6.43. The van der Waals surface area contributed by atoms with Crippen LogP contribution in [0.15, 0.2) is 30.3 Å². The second-order valence-electron chi connectivity index (χ2n) is 4.41. The van der Waals surface area contributed by atoms with E-state index >= 15 is 0 Å². The van der Waals surface area contributed by atoms with Crippen molar-refractivity contribution in [3.05, 3.63) is 35.9 Å². The van der Waals surface area contributed by atoms with Crippen molar-refractivity contribution in [2.45, 2.75) is 25.8 Å². The summed E-state index contributed by atoms with van der Waals surface area (Å²) < 4.78 is 0. The van der Waals surface area contributed by atoms with Gasteiger partial charge in [-0.25, -0.2) is 0 Å². The van der Waals surface area contributed by atoms with Crippen LogP contribution in [0.4, 0.5) is 0 Å². The first-order chi connectivity index (χ1) is 9.13. The lowest BCUT2D eigenvalue weighted by molar-refractivity contribution is -0.132. The van der Waals surface area contributed by atoms with Crippen molar-refractivity contribution in [3.63, 3.8) is 0 Å². The van der Waals surface area contributed by atoms with E-state index in [0.29, 0.717) is 32.5 Å². The zero-order valence-corrected chi connectivity index (χ0v) is 11.0. The van der Waals surface area contributed by atoms with Gasteiger partial charge in [0.2, 0.25) is 11.8 Å². The van der Waals surface area contributed by atoms with Crippen LogP contribution in [-0.4, -0.2) is 29.8 Å². The molecular weight excluding hydrogens is 242 g/mol. The molecule has 4 N–H and O–H groups in total. The zero-order valence-electron chi connectivity index (χ0n) is 11.0. The Balaban J connectivity index is 2.62. The number of hydrogen-bond acceptors (Lipinski definition) is 3. The molecule has 1 aromatic carbocycles. The van der Waals surface area contributed by atoms with Crippen LogP contribution in [0, 0.1) is 0 Å². The Labute approximate surface area is 113 Å². The van der Waals surface area contributed by atoms with Crippen molar-refractivity contribution in [2.24, 2.45) is 11.5 Å². The van der Waals surface area contributed by atoms with E-state index in [1.165, 1.54) is 0 Å². The van der Waals surface area contributed by atoms with Crippen molar-refractivity contribution in [1.29, 1.82) is 0 Å². The molecule has 1 rings (SSSR count). The monoisotopic (exact) mass is 263 g/mol. The minimum atomic E-state index is -0.398. The maximum Gasteiger partial charge on any atom is 0.222 e. The summed E-state index contributed by atoms with van der Waals surface area (Å²) in [6.45, 7) is 1.34. The van der Waals surface area contributed by atoms with Crippen molar-refractivity contribution in [2.75, 3.05) is 13.1 Å². The number of amides is 2. The minimum Gasteiger partial charge on any atom is -0.370 e. The van der Waals surface area contributed by atoms with Gasteiger partial charge in [0.1, 0.15) is 0 Å². The molecule has 0 unspecified atom stereocenters. The van der Waals surface area contributed by atoms with Gasteiger partial charge in [0, 0.05) is 25.9 Å². The summed E-state index contributed by atoms with van der Waals surface area (Å²) in [4.78, 5) is 24.6. The van der Waals surface area contributed by atoms with Crippen molar-refractivity contribution < 1.29 is 9.59 Å². The van der Waals surface area contributed by atoms with Gasteiger partial charge in [-0.3, -0.25) is 9.59 Å². The molecule has 0 aliphatic heterocycles. The van der Waals surface area contributed by atoms with Gasteiger partial charge < -0.3 is 16.4 Å². The van der Waals surface area contributed by atoms with Gasteiger partial charge in [0.15, 0.2) is 0 Å². The van der Waals surface area contributed by atoms with Gasteiger partial charge in [0.05, 0.1) is 0 Å². The largest absolute Gasteiger partial charge is 0.370 e. The van der Waals surface area contributed by atoms with E-state index < -0.39 is 5.91 Å². The van der Waals surface area contributed by atoms with Crippen LogP contribution in [0.1, 0.15) is 24.8 Å². The number of nitrogens with two attached hydrogens (primary N) is 2. The van der Waals surface area contributed by atoms with E-state index in [4.69, 9.17) is 11.5 Å². The van der Waals surface area contributed by atoms with Crippen LogP contribution in [0.25, 0.3) is 0 Å². The number of benzene rings is 1. The topological polar surface area (TPSA) is 89.4 Å². The highest BCUT2D eigenvalue weighted by atomic mass is 16.2. The van der Waals surface area contributed by atoms with Crippen LogP contribution in [0.5, 0.6) is 0 Å². The molecule has 0 bridgehead atoms.